The molecule has 0 amide bonds. The van der Waals surface area contributed by atoms with E-state index in [9.17, 15) is 15.0 Å². The molecule has 0 aromatic rings. The van der Waals surface area contributed by atoms with Crippen LogP contribution in [0, 0.1) is 58.2 Å². The van der Waals surface area contributed by atoms with E-state index in [2.05, 4.69) is 76.2 Å². The van der Waals surface area contributed by atoms with Gasteiger partial charge in [-0.2, -0.15) is 0 Å². The number of aliphatic hydroxyl groups excluding tert-OH is 2. The zero-order valence-electron chi connectivity index (χ0n) is 32.5. The van der Waals surface area contributed by atoms with Gasteiger partial charge in [-0.25, -0.2) is 0 Å². The van der Waals surface area contributed by atoms with Crippen LogP contribution in [0.15, 0.2) is 0 Å². The van der Waals surface area contributed by atoms with Crippen LogP contribution in [0.3, 0.4) is 0 Å². The van der Waals surface area contributed by atoms with Crippen molar-refractivity contribution in [3.8, 4) is 0 Å². The highest BCUT2D eigenvalue weighted by Crippen LogP contribution is 2.46. The Bertz CT molecular complexity index is 999. The number of ether oxygens (including phenoxy) is 5. The molecule has 3 fully saturated rings. The average Bonchev–Trinajstić information content (AvgIpc) is 2.98. The van der Waals surface area contributed by atoms with E-state index in [1.807, 2.05) is 27.7 Å². The van der Waals surface area contributed by atoms with Crippen molar-refractivity contribution in [1.29, 1.82) is 0 Å². The molecule has 8 heteroatoms. The Morgan fingerprint density at radius 1 is 0.745 bits per heavy atom. The maximum absolute atomic E-state index is 14.1. The molecule has 2 unspecified atom stereocenters. The monoisotopic (exact) mass is 669 g/mol. The largest absolute Gasteiger partial charge is 0.462 e. The molecule has 17 atom stereocenters. The smallest absolute Gasteiger partial charge is 0.311 e. The third kappa shape index (κ3) is 9.32. The maximum Gasteiger partial charge on any atom is 0.311 e. The summed E-state index contributed by atoms with van der Waals surface area (Å²) in [5.41, 5.74) is -0.469. The molecule has 0 aliphatic carbocycles. The summed E-state index contributed by atoms with van der Waals surface area (Å²) in [6.07, 6.45) is -1.03. The second-order valence-electron chi connectivity index (χ2n) is 17.7. The molecule has 3 saturated heterocycles. The summed E-state index contributed by atoms with van der Waals surface area (Å²) in [4.78, 5) is 14.1. The highest BCUT2D eigenvalue weighted by atomic mass is 16.7. The maximum atomic E-state index is 14.1. The Morgan fingerprint density at radius 3 is 1.94 bits per heavy atom. The number of hydrogen-bond donors (Lipinski definition) is 2. The van der Waals surface area contributed by atoms with Crippen LogP contribution in [0.1, 0.15) is 130 Å². The third-order valence-corrected chi connectivity index (χ3v) is 12.9. The van der Waals surface area contributed by atoms with Gasteiger partial charge >= 0.3 is 5.97 Å². The van der Waals surface area contributed by atoms with Gasteiger partial charge in [-0.1, -0.05) is 83.1 Å². The molecule has 3 aliphatic rings. The predicted molar refractivity (Wildman–Crippen MR) is 185 cm³/mol. The number of cyclic esters (lactones) is 1. The van der Waals surface area contributed by atoms with Gasteiger partial charge in [0.25, 0.3) is 0 Å². The zero-order valence-corrected chi connectivity index (χ0v) is 32.5. The van der Waals surface area contributed by atoms with E-state index in [0.717, 1.165) is 6.42 Å². The summed E-state index contributed by atoms with van der Waals surface area (Å²) in [6.45, 7) is 31.6. The number of aliphatic hydroxyl groups is 2. The fourth-order valence-corrected chi connectivity index (χ4v) is 8.96. The standard InChI is InChI=1S/C39H72O8/c1-16-30-24(6)33(41)25(7)32(40)21(3)18-39(14,15)35(47-37-23(5)20(2)17-22(4)43-37)26(8)34(27(9)36(42)45-30)46-31-19-38(12,13)28(10)29(11)44-31/h20-35,37,40-41H,16-19H2,1-15H3/t20-,21+,22+,23+,24-,25-,26-,27+,28-,29-,30+,31?,32-,33-,34-,35+,37?/m0/s1. The number of rotatable bonds is 5. The lowest BCUT2D eigenvalue weighted by molar-refractivity contribution is -0.294. The molecule has 3 aliphatic heterocycles. The van der Waals surface area contributed by atoms with Crippen molar-refractivity contribution in [2.75, 3.05) is 0 Å². The highest BCUT2D eigenvalue weighted by molar-refractivity contribution is 5.73. The van der Waals surface area contributed by atoms with E-state index < -0.39 is 54.2 Å². The van der Waals surface area contributed by atoms with Crippen LogP contribution in [-0.4, -0.2) is 71.5 Å². The Balaban J connectivity index is 2.12. The molecule has 0 radical (unpaired) electrons. The quantitative estimate of drug-likeness (QED) is 0.289. The number of carbonyl (C=O) groups is 1. The van der Waals surface area contributed by atoms with Crippen molar-refractivity contribution in [3.63, 3.8) is 0 Å². The van der Waals surface area contributed by atoms with Crippen LogP contribution in [0.2, 0.25) is 0 Å². The Hall–Kier alpha value is -0.770. The summed E-state index contributed by atoms with van der Waals surface area (Å²) in [6, 6.07) is 0. The van der Waals surface area contributed by atoms with E-state index in [-0.39, 0.29) is 53.4 Å². The molecule has 3 rings (SSSR count). The van der Waals surface area contributed by atoms with Gasteiger partial charge in [0, 0.05) is 30.1 Å². The second-order valence-corrected chi connectivity index (χ2v) is 17.7. The molecular formula is C39H72O8. The van der Waals surface area contributed by atoms with Crippen LogP contribution in [-0.2, 0) is 28.5 Å². The lowest BCUT2D eigenvalue weighted by atomic mass is 9.69. The summed E-state index contributed by atoms with van der Waals surface area (Å²) in [7, 11) is 0. The molecule has 8 nitrogen and oxygen atoms in total. The molecule has 0 aromatic heterocycles. The minimum absolute atomic E-state index is 0.00101. The van der Waals surface area contributed by atoms with Gasteiger partial charge in [0.1, 0.15) is 6.10 Å². The SMILES string of the molecule is CC[C@H]1OC(=O)[C@H](C)[C@@H](OC2CC(C)(C)[C@@H](C)[C@H](C)O2)[C@H](C)[C@@H](OC2O[C@H](C)C[C@H](C)[C@H]2C)C(C)(C)C[C@@H](C)[C@H](O)[C@H](C)[C@@H](O)[C@H]1C. The van der Waals surface area contributed by atoms with Crippen molar-refractivity contribution in [2.45, 2.75) is 185 Å². The van der Waals surface area contributed by atoms with Gasteiger partial charge < -0.3 is 33.9 Å². The van der Waals surface area contributed by atoms with Crippen molar-refractivity contribution < 1.29 is 38.7 Å². The molecule has 47 heavy (non-hydrogen) atoms. The van der Waals surface area contributed by atoms with Gasteiger partial charge in [0.15, 0.2) is 12.6 Å². The minimum atomic E-state index is -0.842. The first-order valence-electron chi connectivity index (χ1n) is 18.8. The van der Waals surface area contributed by atoms with Gasteiger partial charge in [-0.3, -0.25) is 4.79 Å². The Labute approximate surface area is 287 Å². The van der Waals surface area contributed by atoms with E-state index >= 15 is 0 Å². The summed E-state index contributed by atoms with van der Waals surface area (Å²) in [5, 5.41) is 23.1. The second kappa shape index (κ2) is 16.1. The molecule has 3 heterocycles. The molecule has 2 N–H and O–H groups in total. The third-order valence-electron chi connectivity index (χ3n) is 12.9. The van der Waals surface area contributed by atoms with E-state index in [1.54, 1.807) is 0 Å². The van der Waals surface area contributed by atoms with E-state index in [0.29, 0.717) is 31.1 Å². The van der Waals surface area contributed by atoms with Crippen molar-refractivity contribution in [3.05, 3.63) is 0 Å². The van der Waals surface area contributed by atoms with Gasteiger partial charge in [0.2, 0.25) is 0 Å². The molecule has 0 bridgehead atoms. The fraction of sp³-hybridized carbons (Fsp3) is 0.974. The molecule has 0 saturated carbocycles. The molecule has 0 aromatic carbocycles. The summed E-state index contributed by atoms with van der Waals surface area (Å²) >= 11 is 0. The van der Waals surface area contributed by atoms with Crippen LogP contribution in [0.4, 0.5) is 0 Å². The fourth-order valence-electron chi connectivity index (χ4n) is 8.96. The first-order chi connectivity index (χ1) is 21.6. The zero-order chi connectivity index (χ0) is 35.8. The Kier molecular flexibility index (Phi) is 13.9. The topological polar surface area (TPSA) is 104 Å². The van der Waals surface area contributed by atoms with E-state index in [4.69, 9.17) is 23.7 Å². The minimum Gasteiger partial charge on any atom is -0.462 e. The number of esters is 1. The summed E-state index contributed by atoms with van der Waals surface area (Å²) in [5.74, 6) is -1.17. The Morgan fingerprint density at radius 2 is 1.36 bits per heavy atom. The molecule has 0 spiro atoms. The molecule has 276 valence electrons. The summed E-state index contributed by atoms with van der Waals surface area (Å²) < 4.78 is 33.2. The molecular weight excluding hydrogens is 596 g/mol. The number of carbonyl (C=O) groups excluding carboxylic acids is 1. The first kappa shape index (κ1) is 40.7. The normalized spacial score (nSPS) is 48.7. The first-order valence-corrected chi connectivity index (χ1v) is 18.8. The van der Waals surface area contributed by atoms with E-state index in [1.165, 1.54) is 0 Å². The average molecular weight is 669 g/mol. The lowest BCUT2D eigenvalue weighted by Crippen LogP contribution is -2.54. The lowest BCUT2D eigenvalue weighted by Gasteiger charge is -2.49. The van der Waals surface area contributed by atoms with Crippen LogP contribution in [0.25, 0.3) is 0 Å². The van der Waals surface area contributed by atoms with Crippen molar-refractivity contribution >= 4 is 5.97 Å². The van der Waals surface area contributed by atoms with Crippen molar-refractivity contribution in [1.82, 2.24) is 0 Å². The number of hydrogen-bond acceptors (Lipinski definition) is 8. The predicted octanol–water partition coefficient (Wildman–Crippen LogP) is 7.62. The van der Waals surface area contributed by atoms with Gasteiger partial charge in [-0.15, -0.1) is 0 Å². The van der Waals surface area contributed by atoms with Crippen LogP contribution < -0.4 is 0 Å². The van der Waals surface area contributed by atoms with Crippen molar-refractivity contribution in [2.24, 2.45) is 58.2 Å². The highest BCUT2D eigenvalue weighted by Gasteiger charge is 2.49. The van der Waals surface area contributed by atoms with Crippen LogP contribution in [0.5, 0.6) is 0 Å². The van der Waals surface area contributed by atoms with Crippen LogP contribution >= 0.6 is 0 Å². The van der Waals surface area contributed by atoms with Gasteiger partial charge in [-0.05, 0) is 68.6 Å². The van der Waals surface area contributed by atoms with Gasteiger partial charge in [0.05, 0.1) is 42.5 Å².